The van der Waals surface area contributed by atoms with E-state index in [-0.39, 0.29) is 5.91 Å². The summed E-state index contributed by atoms with van der Waals surface area (Å²) in [5, 5.41) is 7.78. The molecule has 6 heteroatoms. The van der Waals surface area contributed by atoms with Crippen molar-refractivity contribution in [2.24, 2.45) is 0 Å². The maximum absolute atomic E-state index is 12.3. The number of aryl methyl sites for hydroxylation is 1. The molecule has 0 aliphatic carbocycles. The van der Waals surface area contributed by atoms with Gasteiger partial charge in [-0.15, -0.1) is 5.10 Å². The molecule has 2 aromatic rings. The van der Waals surface area contributed by atoms with E-state index in [4.69, 9.17) is 0 Å². The second kappa shape index (κ2) is 7.17. The highest BCUT2D eigenvalue weighted by Crippen LogP contribution is 2.22. The van der Waals surface area contributed by atoms with Crippen molar-refractivity contribution in [3.63, 3.8) is 0 Å². The van der Waals surface area contributed by atoms with Crippen LogP contribution in [0, 0.1) is 6.92 Å². The Morgan fingerprint density at radius 3 is 2.87 bits per heavy atom. The standard InChI is InChI=1S/C17H22N4OS/c1-12-6-8-14(9-7-12)16-18-17(20-19-16)23-11-15(22)21-10-4-3-5-13(21)2/h6-9,13H,3-5,10-11H2,1-2H3,(H,18,19,20)/t13-/m1/s1. The van der Waals surface area contributed by atoms with Gasteiger partial charge in [0.1, 0.15) is 0 Å². The maximum atomic E-state index is 12.3. The van der Waals surface area contributed by atoms with Crippen molar-refractivity contribution in [3.05, 3.63) is 29.8 Å². The van der Waals surface area contributed by atoms with E-state index in [1.165, 1.54) is 23.7 Å². The van der Waals surface area contributed by atoms with Crippen molar-refractivity contribution < 1.29 is 4.79 Å². The summed E-state index contributed by atoms with van der Waals surface area (Å²) in [7, 11) is 0. The molecule has 0 saturated carbocycles. The Bertz CT molecular complexity index is 667. The van der Waals surface area contributed by atoms with Gasteiger partial charge in [0, 0.05) is 18.2 Å². The maximum Gasteiger partial charge on any atom is 0.233 e. The summed E-state index contributed by atoms with van der Waals surface area (Å²) >= 11 is 1.40. The van der Waals surface area contributed by atoms with E-state index < -0.39 is 0 Å². The molecule has 1 amide bonds. The molecule has 122 valence electrons. The van der Waals surface area contributed by atoms with Crippen LogP contribution in [-0.4, -0.2) is 44.3 Å². The average molecular weight is 330 g/mol. The molecule has 0 unspecified atom stereocenters. The molecular formula is C17H22N4OS. The van der Waals surface area contributed by atoms with Gasteiger partial charge in [-0.2, -0.15) is 0 Å². The molecule has 1 aromatic heterocycles. The third kappa shape index (κ3) is 3.93. The van der Waals surface area contributed by atoms with Gasteiger partial charge in [0.25, 0.3) is 0 Å². The fourth-order valence-corrected chi connectivity index (χ4v) is 3.51. The van der Waals surface area contributed by atoms with Crippen molar-refractivity contribution in [1.29, 1.82) is 0 Å². The second-order valence-electron chi connectivity index (χ2n) is 6.05. The molecule has 1 aliphatic heterocycles. The Morgan fingerprint density at radius 1 is 1.35 bits per heavy atom. The smallest absolute Gasteiger partial charge is 0.233 e. The number of hydrogen-bond acceptors (Lipinski definition) is 4. The first-order valence-electron chi connectivity index (χ1n) is 8.05. The molecule has 1 aromatic carbocycles. The summed E-state index contributed by atoms with van der Waals surface area (Å²) in [6, 6.07) is 8.49. The number of thioether (sulfide) groups is 1. The molecule has 5 nitrogen and oxygen atoms in total. The summed E-state index contributed by atoms with van der Waals surface area (Å²) in [4.78, 5) is 18.8. The number of nitrogens with zero attached hydrogens (tertiary/aromatic N) is 3. The van der Waals surface area contributed by atoms with Crippen LogP contribution >= 0.6 is 11.8 Å². The average Bonchev–Trinajstić information content (AvgIpc) is 3.03. The Morgan fingerprint density at radius 2 is 2.13 bits per heavy atom. The van der Waals surface area contributed by atoms with E-state index in [9.17, 15) is 4.79 Å². The molecule has 1 atom stereocenters. The Balaban J connectivity index is 1.58. The summed E-state index contributed by atoms with van der Waals surface area (Å²) in [6.07, 6.45) is 3.44. The summed E-state index contributed by atoms with van der Waals surface area (Å²) < 4.78 is 0. The Kier molecular flexibility index (Phi) is 5.00. The van der Waals surface area contributed by atoms with Gasteiger partial charge in [0.2, 0.25) is 11.1 Å². The number of piperidine rings is 1. The first-order chi connectivity index (χ1) is 11.1. The van der Waals surface area contributed by atoms with Crippen molar-refractivity contribution in [2.45, 2.75) is 44.3 Å². The third-order valence-corrected chi connectivity index (χ3v) is 5.07. The number of H-pyrrole nitrogens is 1. The van der Waals surface area contributed by atoms with Crippen LogP contribution in [0.3, 0.4) is 0 Å². The number of nitrogens with one attached hydrogen (secondary N) is 1. The molecule has 3 rings (SSSR count). The zero-order valence-corrected chi connectivity index (χ0v) is 14.4. The van der Waals surface area contributed by atoms with Crippen molar-refractivity contribution in [2.75, 3.05) is 12.3 Å². The SMILES string of the molecule is Cc1ccc(-c2nc(SCC(=O)N3CCCC[C@H]3C)n[nH]2)cc1. The number of carbonyl (C=O) groups excluding carboxylic acids is 1. The molecule has 0 spiro atoms. The number of aromatic amines is 1. The minimum atomic E-state index is 0.184. The Labute approximate surface area is 140 Å². The Hall–Kier alpha value is -1.82. The van der Waals surface area contributed by atoms with Crippen LogP contribution in [0.5, 0.6) is 0 Å². The lowest BCUT2D eigenvalue weighted by molar-refractivity contribution is -0.131. The molecule has 1 aliphatic rings. The quantitative estimate of drug-likeness (QED) is 0.874. The van der Waals surface area contributed by atoms with Gasteiger partial charge >= 0.3 is 0 Å². The van der Waals surface area contributed by atoms with Crippen molar-refractivity contribution >= 4 is 17.7 Å². The van der Waals surface area contributed by atoms with Crippen LogP contribution in [-0.2, 0) is 4.79 Å². The number of carbonyl (C=O) groups is 1. The third-order valence-electron chi connectivity index (χ3n) is 4.24. The highest BCUT2D eigenvalue weighted by Gasteiger charge is 2.23. The van der Waals surface area contributed by atoms with E-state index in [0.717, 1.165) is 30.8 Å². The molecule has 2 heterocycles. The molecule has 1 fully saturated rings. The van der Waals surface area contributed by atoms with E-state index in [0.29, 0.717) is 17.0 Å². The first kappa shape index (κ1) is 16.1. The number of likely N-dealkylation sites (tertiary alicyclic amines) is 1. The molecule has 1 N–H and O–H groups in total. The van der Waals surface area contributed by atoms with Crippen LogP contribution in [0.1, 0.15) is 31.7 Å². The largest absolute Gasteiger partial charge is 0.339 e. The van der Waals surface area contributed by atoms with E-state index in [2.05, 4.69) is 29.0 Å². The number of hydrogen-bond donors (Lipinski definition) is 1. The summed E-state index contributed by atoms with van der Waals surface area (Å²) in [5.74, 6) is 1.32. The van der Waals surface area contributed by atoms with Gasteiger partial charge in [-0.05, 0) is 33.1 Å². The molecule has 0 bridgehead atoms. The predicted octanol–water partition coefficient (Wildman–Crippen LogP) is 3.27. The van der Waals surface area contributed by atoms with E-state index in [1.54, 1.807) is 0 Å². The van der Waals surface area contributed by atoms with Crippen LogP contribution in [0.2, 0.25) is 0 Å². The molecule has 1 saturated heterocycles. The topological polar surface area (TPSA) is 61.9 Å². The fraction of sp³-hybridized carbons (Fsp3) is 0.471. The van der Waals surface area contributed by atoms with Crippen LogP contribution in [0.4, 0.5) is 0 Å². The summed E-state index contributed by atoms with van der Waals surface area (Å²) in [5.41, 5.74) is 2.22. The zero-order chi connectivity index (χ0) is 16.2. The predicted molar refractivity (Wildman–Crippen MR) is 92.3 cm³/mol. The zero-order valence-electron chi connectivity index (χ0n) is 13.6. The van der Waals surface area contributed by atoms with Crippen molar-refractivity contribution in [3.8, 4) is 11.4 Å². The number of benzene rings is 1. The van der Waals surface area contributed by atoms with E-state index >= 15 is 0 Å². The van der Waals surface area contributed by atoms with Crippen molar-refractivity contribution in [1.82, 2.24) is 20.1 Å². The van der Waals surface area contributed by atoms with Gasteiger partial charge in [-0.1, -0.05) is 41.6 Å². The lowest BCUT2D eigenvalue weighted by Gasteiger charge is -2.33. The normalized spacial score (nSPS) is 18.2. The summed E-state index contributed by atoms with van der Waals surface area (Å²) in [6.45, 7) is 5.06. The molecule has 23 heavy (non-hydrogen) atoms. The number of amides is 1. The molecular weight excluding hydrogens is 308 g/mol. The lowest BCUT2D eigenvalue weighted by atomic mass is 10.0. The molecule has 0 radical (unpaired) electrons. The second-order valence-corrected chi connectivity index (χ2v) is 7.00. The highest BCUT2D eigenvalue weighted by atomic mass is 32.2. The van der Waals surface area contributed by atoms with Crippen LogP contribution in [0.25, 0.3) is 11.4 Å². The number of rotatable bonds is 4. The number of aromatic nitrogens is 3. The van der Waals surface area contributed by atoms with Gasteiger partial charge in [0.15, 0.2) is 5.82 Å². The van der Waals surface area contributed by atoms with Gasteiger partial charge in [-0.25, -0.2) is 4.98 Å². The minimum Gasteiger partial charge on any atom is -0.339 e. The fourth-order valence-electron chi connectivity index (χ4n) is 2.83. The monoisotopic (exact) mass is 330 g/mol. The lowest BCUT2D eigenvalue weighted by Crippen LogP contribution is -2.42. The van der Waals surface area contributed by atoms with Crippen LogP contribution < -0.4 is 0 Å². The highest BCUT2D eigenvalue weighted by molar-refractivity contribution is 7.99. The minimum absolute atomic E-state index is 0.184. The van der Waals surface area contributed by atoms with Gasteiger partial charge < -0.3 is 4.90 Å². The first-order valence-corrected chi connectivity index (χ1v) is 9.04. The van der Waals surface area contributed by atoms with Gasteiger partial charge in [0.05, 0.1) is 5.75 Å². The van der Waals surface area contributed by atoms with E-state index in [1.807, 2.05) is 29.2 Å². The van der Waals surface area contributed by atoms with Gasteiger partial charge in [-0.3, -0.25) is 9.89 Å². The van der Waals surface area contributed by atoms with Crippen LogP contribution in [0.15, 0.2) is 29.4 Å².